The van der Waals surface area contributed by atoms with Crippen LogP contribution in [0, 0.1) is 0 Å². The first kappa shape index (κ1) is 19.0. The van der Waals surface area contributed by atoms with Crippen molar-refractivity contribution in [3.63, 3.8) is 0 Å². The van der Waals surface area contributed by atoms with Gasteiger partial charge in [0.15, 0.2) is 4.91 Å². The van der Waals surface area contributed by atoms with Crippen molar-refractivity contribution >= 4 is 33.1 Å². The van der Waals surface area contributed by atoms with Crippen molar-refractivity contribution in [1.82, 2.24) is 0 Å². The molecule has 0 heterocycles. The minimum Gasteiger partial charge on any atom is -0.465 e. The molecule has 2 aromatic carbocycles. The van der Waals surface area contributed by atoms with Crippen LogP contribution in [0.4, 0.5) is 5.69 Å². The minimum atomic E-state index is -4.05. The normalized spacial score (nSPS) is 11.9. The second-order valence-corrected chi connectivity index (χ2v) is 7.51. The van der Waals surface area contributed by atoms with Crippen LogP contribution in [0.3, 0.4) is 0 Å². The summed E-state index contributed by atoms with van der Waals surface area (Å²) >= 11 is 5.78. The summed E-state index contributed by atoms with van der Waals surface area (Å²) in [6.07, 6.45) is 2.03. The van der Waals surface area contributed by atoms with Gasteiger partial charge in [-0.15, -0.1) is 0 Å². The summed E-state index contributed by atoms with van der Waals surface area (Å²) in [4.78, 5) is 11.5. The highest BCUT2D eigenvalue weighted by molar-refractivity contribution is 7.96. The van der Waals surface area contributed by atoms with Gasteiger partial charge in [0.25, 0.3) is 0 Å². The Morgan fingerprint density at radius 2 is 1.72 bits per heavy atom. The molecule has 132 valence electrons. The molecule has 0 saturated carbocycles. The Balaban J connectivity index is 2.37. The van der Waals surface area contributed by atoms with E-state index >= 15 is 0 Å². The number of rotatable bonds is 6. The van der Waals surface area contributed by atoms with Gasteiger partial charge in [0, 0.05) is 16.9 Å². The number of benzene rings is 2. The van der Waals surface area contributed by atoms with Crippen LogP contribution in [-0.4, -0.2) is 21.5 Å². The summed E-state index contributed by atoms with van der Waals surface area (Å²) in [6.45, 7) is 2.04. The largest absolute Gasteiger partial charge is 0.465 e. The quantitative estimate of drug-likeness (QED) is 0.610. The van der Waals surface area contributed by atoms with Crippen LogP contribution in [0.2, 0.25) is 5.02 Å². The predicted molar refractivity (Wildman–Crippen MR) is 98.2 cm³/mol. The van der Waals surface area contributed by atoms with E-state index < -0.39 is 20.7 Å². The third kappa shape index (κ3) is 4.61. The molecule has 1 N–H and O–H groups in total. The molecule has 0 amide bonds. The first-order valence-electron chi connectivity index (χ1n) is 7.53. The predicted octanol–water partition coefficient (Wildman–Crippen LogP) is 3.80. The lowest BCUT2D eigenvalue weighted by Gasteiger charge is -2.09. The van der Waals surface area contributed by atoms with Crippen LogP contribution < -0.4 is 5.32 Å². The third-order valence-electron chi connectivity index (χ3n) is 3.53. The summed E-state index contributed by atoms with van der Waals surface area (Å²) in [7, 11) is -2.92. The zero-order chi connectivity index (χ0) is 18.4. The van der Waals surface area contributed by atoms with E-state index in [0.29, 0.717) is 10.7 Å². The van der Waals surface area contributed by atoms with E-state index in [-0.39, 0.29) is 4.90 Å². The summed E-state index contributed by atoms with van der Waals surface area (Å²) in [5, 5.41) is 3.23. The van der Waals surface area contributed by atoms with Crippen LogP contribution in [0.25, 0.3) is 0 Å². The zero-order valence-corrected chi connectivity index (χ0v) is 15.4. The van der Waals surface area contributed by atoms with Crippen molar-refractivity contribution in [2.75, 3.05) is 12.4 Å². The summed E-state index contributed by atoms with van der Waals surface area (Å²) < 4.78 is 30.0. The van der Waals surface area contributed by atoms with Crippen molar-refractivity contribution in [1.29, 1.82) is 0 Å². The number of aryl methyl sites for hydroxylation is 1. The number of ether oxygens (including phenoxy) is 1. The van der Waals surface area contributed by atoms with Gasteiger partial charge in [-0.05, 0) is 48.4 Å². The maximum absolute atomic E-state index is 12.7. The van der Waals surface area contributed by atoms with Gasteiger partial charge in [-0.25, -0.2) is 13.2 Å². The molecule has 0 aliphatic carbocycles. The molecule has 5 nitrogen and oxygen atoms in total. The van der Waals surface area contributed by atoms with Gasteiger partial charge in [-0.2, -0.15) is 0 Å². The third-order valence-corrected chi connectivity index (χ3v) is 5.54. The molecule has 0 atom stereocenters. The Labute approximate surface area is 152 Å². The first-order valence-corrected chi connectivity index (χ1v) is 9.39. The topological polar surface area (TPSA) is 72.5 Å². The number of hydrogen-bond donors (Lipinski definition) is 1. The number of nitrogens with one attached hydrogen (secondary N) is 1. The monoisotopic (exact) mass is 379 g/mol. The highest BCUT2D eigenvalue weighted by Gasteiger charge is 2.28. The van der Waals surface area contributed by atoms with E-state index in [1.54, 1.807) is 12.1 Å². The zero-order valence-electron chi connectivity index (χ0n) is 13.8. The van der Waals surface area contributed by atoms with E-state index in [1.165, 1.54) is 24.3 Å². The standard InChI is InChI=1S/C18H18ClNO4S/c1-3-13-4-8-15(9-5-13)20-12-17(18(21)24-2)25(22,23)16-10-6-14(19)7-11-16/h4-12,20H,3H2,1-2H3/b17-12-. The van der Waals surface area contributed by atoms with Gasteiger partial charge in [-0.3, -0.25) is 0 Å². The van der Waals surface area contributed by atoms with Gasteiger partial charge in [0.1, 0.15) is 0 Å². The molecule has 25 heavy (non-hydrogen) atoms. The number of anilines is 1. The highest BCUT2D eigenvalue weighted by Crippen LogP contribution is 2.22. The van der Waals surface area contributed by atoms with E-state index in [1.807, 2.05) is 19.1 Å². The Bertz CT molecular complexity index is 872. The average Bonchev–Trinajstić information content (AvgIpc) is 2.62. The SMILES string of the molecule is CCc1ccc(N/C=C(/C(=O)OC)S(=O)(=O)c2ccc(Cl)cc2)cc1. The van der Waals surface area contributed by atoms with Gasteiger partial charge >= 0.3 is 5.97 Å². The summed E-state index contributed by atoms with van der Waals surface area (Å²) in [5.74, 6) is -0.951. The Kier molecular flexibility index (Phi) is 6.22. The molecule has 2 rings (SSSR count). The lowest BCUT2D eigenvalue weighted by Crippen LogP contribution is -2.16. The van der Waals surface area contributed by atoms with Gasteiger partial charge in [0.05, 0.1) is 12.0 Å². The number of sulfone groups is 1. The first-order chi connectivity index (χ1) is 11.9. The molecule has 0 radical (unpaired) electrons. The van der Waals surface area contributed by atoms with Crippen LogP contribution in [0.1, 0.15) is 12.5 Å². The molecule has 0 aliphatic rings. The van der Waals surface area contributed by atoms with Crippen LogP contribution >= 0.6 is 11.6 Å². The Morgan fingerprint density at radius 1 is 1.12 bits per heavy atom. The van der Waals surface area contributed by atoms with Gasteiger partial charge < -0.3 is 10.1 Å². The Hall–Kier alpha value is -2.31. The molecular formula is C18H18ClNO4S. The average molecular weight is 380 g/mol. The minimum absolute atomic E-state index is 0.0447. The number of hydrogen-bond acceptors (Lipinski definition) is 5. The number of carbonyl (C=O) groups excluding carboxylic acids is 1. The molecule has 0 aliphatic heterocycles. The van der Waals surface area contributed by atoms with E-state index in [0.717, 1.165) is 25.3 Å². The maximum atomic E-state index is 12.7. The molecule has 7 heteroatoms. The molecule has 0 saturated heterocycles. The molecule has 0 bridgehead atoms. The second kappa shape index (κ2) is 8.18. The summed E-state index contributed by atoms with van der Waals surface area (Å²) in [6, 6.07) is 13.0. The fourth-order valence-electron chi connectivity index (χ4n) is 2.07. The van der Waals surface area contributed by atoms with Crippen molar-refractivity contribution < 1.29 is 17.9 Å². The van der Waals surface area contributed by atoms with E-state index in [2.05, 4.69) is 10.1 Å². The number of halogens is 1. The second-order valence-electron chi connectivity index (χ2n) is 5.15. The molecule has 0 aromatic heterocycles. The summed E-state index contributed by atoms with van der Waals surface area (Å²) in [5.41, 5.74) is 1.81. The van der Waals surface area contributed by atoms with E-state index in [9.17, 15) is 13.2 Å². The lowest BCUT2D eigenvalue weighted by molar-refractivity contribution is -0.135. The van der Waals surface area contributed by atoms with Crippen LogP contribution in [-0.2, 0) is 25.8 Å². The number of methoxy groups -OCH3 is 1. The van der Waals surface area contributed by atoms with Crippen molar-refractivity contribution in [3.05, 3.63) is 70.2 Å². The van der Waals surface area contributed by atoms with Gasteiger partial charge in [0.2, 0.25) is 9.84 Å². The fourth-order valence-corrected chi connectivity index (χ4v) is 3.46. The van der Waals surface area contributed by atoms with Crippen molar-refractivity contribution in [2.24, 2.45) is 0 Å². The van der Waals surface area contributed by atoms with E-state index in [4.69, 9.17) is 11.6 Å². The molecule has 2 aromatic rings. The molecule has 0 unspecified atom stereocenters. The maximum Gasteiger partial charge on any atom is 0.351 e. The molecule has 0 fully saturated rings. The number of esters is 1. The smallest absolute Gasteiger partial charge is 0.351 e. The highest BCUT2D eigenvalue weighted by atomic mass is 35.5. The van der Waals surface area contributed by atoms with Crippen molar-refractivity contribution in [3.8, 4) is 0 Å². The van der Waals surface area contributed by atoms with Crippen LogP contribution in [0.5, 0.6) is 0 Å². The molecule has 0 spiro atoms. The van der Waals surface area contributed by atoms with Gasteiger partial charge in [-0.1, -0.05) is 30.7 Å². The Morgan fingerprint density at radius 3 is 2.24 bits per heavy atom. The fraction of sp³-hybridized carbons (Fsp3) is 0.167. The van der Waals surface area contributed by atoms with Crippen molar-refractivity contribution in [2.45, 2.75) is 18.2 Å². The lowest BCUT2D eigenvalue weighted by atomic mass is 10.1. The number of carbonyl (C=O) groups is 1. The molecular weight excluding hydrogens is 362 g/mol. The van der Waals surface area contributed by atoms with Crippen LogP contribution in [0.15, 0.2) is 64.5 Å².